The first-order valence-corrected chi connectivity index (χ1v) is 10.1. The third kappa shape index (κ3) is 4.42. The van der Waals surface area contributed by atoms with Gasteiger partial charge in [0.25, 0.3) is 5.69 Å². The largest absolute Gasteiger partial charge is 0.386 e. The fourth-order valence-corrected chi connectivity index (χ4v) is 3.72. The van der Waals surface area contributed by atoms with Crippen molar-refractivity contribution in [2.75, 3.05) is 16.8 Å². The molecule has 0 bridgehead atoms. The van der Waals surface area contributed by atoms with Crippen molar-refractivity contribution in [3.05, 3.63) is 74.8 Å². The number of fused-ring (bicyclic) bond motifs is 1. The molecule has 4 rings (SSSR count). The standard InChI is InChI=1S/C21H21ClN6O3/c1-21(2,29)13-3-6-19(23-10-13)26-20-15-7-8-27(11-17(15)24-12-25-20)14-4-5-18(28(30)31)16(22)9-14/h3-6,9-10,12,29H,7-8,11H2,1-2H3,(H,23,24,25,26). The molecule has 3 heterocycles. The minimum absolute atomic E-state index is 0.110. The van der Waals surface area contributed by atoms with Crippen LogP contribution in [-0.2, 0) is 18.6 Å². The highest BCUT2D eigenvalue weighted by Gasteiger charge is 2.23. The second-order valence-corrected chi connectivity index (χ2v) is 8.24. The minimum Gasteiger partial charge on any atom is -0.386 e. The number of nitrogens with one attached hydrogen (secondary N) is 1. The van der Waals surface area contributed by atoms with Crippen LogP contribution in [0.1, 0.15) is 30.7 Å². The van der Waals surface area contributed by atoms with Crippen LogP contribution in [0.25, 0.3) is 0 Å². The Morgan fingerprint density at radius 1 is 1.23 bits per heavy atom. The van der Waals surface area contributed by atoms with E-state index in [1.165, 1.54) is 12.4 Å². The monoisotopic (exact) mass is 440 g/mol. The number of nitrogens with zero attached hydrogens (tertiary/aromatic N) is 5. The van der Waals surface area contributed by atoms with E-state index >= 15 is 0 Å². The predicted molar refractivity (Wildman–Crippen MR) is 118 cm³/mol. The average molecular weight is 441 g/mol. The van der Waals surface area contributed by atoms with Crippen molar-refractivity contribution in [1.82, 2.24) is 15.0 Å². The number of hydrogen-bond acceptors (Lipinski definition) is 8. The van der Waals surface area contributed by atoms with E-state index in [0.29, 0.717) is 31.1 Å². The molecule has 0 spiro atoms. The van der Waals surface area contributed by atoms with E-state index in [1.54, 1.807) is 38.2 Å². The van der Waals surface area contributed by atoms with Gasteiger partial charge in [-0.05, 0) is 38.5 Å². The Kier molecular flexibility index (Phi) is 5.47. The molecule has 10 heteroatoms. The van der Waals surface area contributed by atoms with E-state index in [1.807, 2.05) is 6.07 Å². The van der Waals surface area contributed by atoms with E-state index < -0.39 is 10.5 Å². The quantitative estimate of drug-likeness (QED) is 0.452. The number of aliphatic hydroxyl groups is 1. The minimum atomic E-state index is -0.955. The summed E-state index contributed by atoms with van der Waals surface area (Å²) in [5.41, 5.74) is 2.33. The van der Waals surface area contributed by atoms with Gasteiger partial charge in [-0.1, -0.05) is 17.7 Å². The molecule has 0 saturated carbocycles. The number of pyridine rings is 1. The molecule has 2 aromatic heterocycles. The molecule has 0 saturated heterocycles. The summed E-state index contributed by atoms with van der Waals surface area (Å²) < 4.78 is 0. The molecule has 2 N–H and O–H groups in total. The topological polar surface area (TPSA) is 117 Å². The number of halogens is 1. The normalized spacial score (nSPS) is 13.6. The van der Waals surface area contributed by atoms with Crippen LogP contribution in [0, 0.1) is 10.1 Å². The highest BCUT2D eigenvalue weighted by Crippen LogP contribution is 2.32. The fraction of sp³-hybridized carbons (Fsp3) is 0.286. The molecule has 0 fully saturated rings. The van der Waals surface area contributed by atoms with Crippen LogP contribution in [0.4, 0.5) is 23.0 Å². The van der Waals surface area contributed by atoms with Gasteiger partial charge < -0.3 is 15.3 Å². The predicted octanol–water partition coefficient (Wildman–Crippen LogP) is 3.97. The molecule has 160 valence electrons. The molecule has 0 unspecified atom stereocenters. The van der Waals surface area contributed by atoms with Crippen molar-refractivity contribution < 1.29 is 10.0 Å². The number of anilines is 3. The summed E-state index contributed by atoms with van der Waals surface area (Å²) in [6.45, 7) is 4.64. The second-order valence-electron chi connectivity index (χ2n) is 7.83. The van der Waals surface area contributed by atoms with Gasteiger partial charge in [-0.15, -0.1) is 0 Å². The van der Waals surface area contributed by atoms with Crippen molar-refractivity contribution in [1.29, 1.82) is 0 Å². The van der Waals surface area contributed by atoms with Gasteiger partial charge in [0, 0.05) is 35.6 Å². The average Bonchev–Trinajstić information content (AvgIpc) is 2.73. The molecule has 9 nitrogen and oxygen atoms in total. The maximum absolute atomic E-state index is 11.0. The summed E-state index contributed by atoms with van der Waals surface area (Å²) in [6.07, 6.45) is 3.82. The third-order valence-corrected chi connectivity index (χ3v) is 5.52. The Morgan fingerprint density at radius 3 is 2.68 bits per heavy atom. The van der Waals surface area contributed by atoms with Gasteiger partial charge >= 0.3 is 0 Å². The zero-order chi connectivity index (χ0) is 22.2. The number of rotatable bonds is 5. The van der Waals surface area contributed by atoms with Crippen LogP contribution in [-0.4, -0.2) is 31.5 Å². The van der Waals surface area contributed by atoms with E-state index in [-0.39, 0.29) is 10.7 Å². The first-order chi connectivity index (χ1) is 14.7. The van der Waals surface area contributed by atoms with Crippen molar-refractivity contribution in [2.24, 2.45) is 0 Å². The van der Waals surface area contributed by atoms with Gasteiger partial charge in [0.2, 0.25) is 0 Å². The Morgan fingerprint density at radius 2 is 2.03 bits per heavy atom. The lowest BCUT2D eigenvalue weighted by molar-refractivity contribution is -0.384. The third-order valence-electron chi connectivity index (χ3n) is 5.22. The van der Waals surface area contributed by atoms with Crippen LogP contribution in [0.15, 0.2) is 42.9 Å². The smallest absolute Gasteiger partial charge is 0.288 e. The molecule has 3 aromatic rings. The number of aromatic nitrogens is 3. The van der Waals surface area contributed by atoms with Gasteiger partial charge in [-0.2, -0.15) is 0 Å². The van der Waals surface area contributed by atoms with E-state index in [4.69, 9.17) is 11.6 Å². The zero-order valence-electron chi connectivity index (χ0n) is 17.0. The van der Waals surface area contributed by atoms with Crippen LogP contribution >= 0.6 is 11.6 Å². The van der Waals surface area contributed by atoms with Gasteiger partial charge in [0.05, 0.1) is 22.8 Å². The van der Waals surface area contributed by atoms with Crippen molar-refractivity contribution >= 4 is 34.6 Å². The maximum atomic E-state index is 11.0. The molecule has 31 heavy (non-hydrogen) atoms. The lowest BCUT2D eigenvalue weighted by Crippen LogP contribution is -2.31. The summed E-state index contributed by atoms with van der Waals surface area (Å²) in [6, 6.07) is 8.35. The summed E-state index contributed by atoms with van der Waals surface area (Å²) in [4.78, 5) is 25.7. The Labute approximate surface area is 183 Å². The number of nitro benzene ring substituents is 1. The highest BCUT2D eigenvalue weighted by atomic mass is 35.5. The second kappa shape index (κ2) is 8.09. The SMILES string of the molecule is CC(C)(O)c1ccc(Nc2ncnc3c2CCN(c2ccc([N+](=O)[O-])c(Cl)c2)C3)nc1. The zero-order valence-corrected chi connectivity index (χ0v) is 17.8. The van der Waals surface area contributed by atoms with Crippen LogP contribution < -0.4 is 10.2 Å². The summed E-state index contributed by atoms with van der Waals surface area (Å²) in [7, 11) is 0. The maximum Gasteiger partial charge on any atom is 0.288 e. The summed E-state index contributed by atoms with van der Waals surface area (Å²) >= 11 is 6.07. The van der Waals surface area contributed by atoms with Gasteiger partial charge in [0.15, 0.2) is 0 Å². The van der Waals surface area contributed by atoms with Crippen molar-refractivity contribution in [2.45, 2.75) is 32.4 Å². The van der Waals surface area contributed by atoms with Gasteiger partial charge in [-0.3, -0.25) is 10.1 Å². The lowest BCUT2D eigenvalue weighted by atomic mass is 10.0. The van der Waals surface area contributed by atoms with Gasteiger partial charge in [0.1, 0.15) is 23.0 Å². The molecule has 0 amide bonds. The van der Waals surface area contributed by atoms with E-state index in [0.717, 1.165) is 22.5 Å². The summed E-state index contributed by atoms with van der Waals surface area (Å²) in [5.74, 6) is 1.31. The number of benzene rings is 1. The highest BCUT2D eigenvalue weighted by molar-refractivity contribution is 6.32. The molecule has 0 atom stereocenters. The molecule has 1 aliphatic rings. The number of nitro groups is 1. The van der Waals surface area contributed by atoms with Gasteiger partial charge in [-0.25, -0.2) is 15.0 Å². The van der Waals surface area contributed by atoms with Crippen LogP contribution in [0.5, 0.6) is 0 Å². The van der Waals surface area contributed by atoms with E-state index in [2.05, 4.69) is 25.2 Å². The first-order valence-electron chi connectivity index (χ1n) is 9.70. The Hall–Kier alpha value is -3.30. The number of hydrogen-bond donors (Lipinski definition) is 2. The lowest BCUT2D eigenvalue weighted by Gasteiger charge is -2.30. The molecular formula is C21H21ClN6O3. The molecular weight excluding hydrogens is 420 g/mol. The molecule has 1 aliphatic heterocycles. The van der Waals surface area contributed by atoms with Crippen LogP contribution in [0.3, 0.4) is 0 Å². The Bertz CT molecular complexity index is 1130. The van der Waals surface area contributed by atoms with Crippen LogP contribution in [0.2, 0.25) is 5.02 Å². The van der Waals surface area contributed by atoms with Crippen molar-refractivity contribution in [3.63, 3.8) is 0 Å². The summed E-state index contributed by atoms with van der Waals surface area (Å²) in [5, 5.41) is 24.4. The molecule has 0 radical (unpaired) electrons. The molecule has 0 aliphatic carbocycles. The van der Waals surface area contributed by atoms with E-state index in [9.17, 15) is 15.2 Å². The molecule has 1 aromatic carbocycles. The van der Waals surface area contributed by atoms with Crippen molar-refractivity contribution in [3.8, 4) is 0 Å². The fourth-order valence-electron chi connectivity index (χ4n) is 3.47. The Balaban J connectivity index is 1.54. The first kappa shape index (κ1) is 21.0.